The molecule has 0 nitrogen and oxygen atoms in total. The van der Waals surface area contributed by atoms with Crippen LogP contribution in [0.2, 0.25) is 0 Å². The molecule has 38 heavy (non-hydrogen) atoms. The van der Waals surface area contributed by atoms with Gasteiger partial charge in [-0.2, -0.15) is 0 Å². The number of fused-ring (bicyclic) bond motifs is 10. The molecule has 0 N–H and O–H groups in total. The summed E-state index contributed by atoms with van der Waals surface area (Å²) in [6.45, 7) is 0. The lowest BCUT2D eigenvalue weighted by atomic mass is 9.88. The zero-order valence-electron chi connectivity index (χ0n) is 20.7. The lowest BCUT2D eigenvalue weighted by Gasteiger charge is -2.15. The molecule has 8 aromatic carbocycles. The lowest BCUT2D eigenvalue weighted by molar-refractivity contribution is 1.71. The molecule has 0 spiro atoms. The second-order valence-corrected chi connectivity index (χ2v) is 10.5. The molecule has 9 rings (SSSR count). The molecule has 0 unspecified atom stereocenters. The highest BCUT2D eigenvalue weighted by Crippen LogP contribution is 2.52. The fraction of sp³-hybridized carbons (Fsp3) is 0. The van der Waals surface area contributed by atoms with Crippen molar-refractivity contribution in [1.29, 1.82) is 0 Å². The maximum absolute atomic E-state index is 2.41. The van der Waals surface area contributed by atoms with Crippen LogP contribution in [0.1, 0.15) is 0 Å². The highest BCUT2D eigenvalue weighted by atomic mass is 14.3. The Morgan fingerprint density at radius 3 is 1.74 bits per heavy atom. The molecule has 8 aromatic rings. The first kappa shape index (κ1) is 20.2. The normalized spacial score (nSPS) is 12.2. The van der Waals surface area contributed by atoms with Gasteiger partial charge in [-0.1, -0.05) is 127 Å². The molecule has 0 aromatic heterocycles. The van der Waals surface area contributed by atoms with Gasteiger partial charge in [-0.3, -0.25) is 0 Å². The molecule has 1 aliphatic carbocycles. The van der Waals surface area contributed by atoms with Gasteiger partial charge in [0.15, 0.2) is 0 Å². The summed E-state index contributed by atoms with van der Waals surface area (Å²) in [4.78, 5) is 0. The van der Waals surface area contributed by atoms with Gasteiger partial charge in [-0.25, -0.2) is 0 Å². The van der Waals surface area contributed by atoms with Gasteiger partial charge in [0.05, 0.1) is 0 Å². The summed E-state index contributed by atoms with van der Waals surface area (Å²) in [6.07, 6.45) is 0. The van der Waals surface area contributed by atoms with Crippen LogP contribution in [-0.2, 0) is 0 Å². The van der Waals surface area contributed by atoms with E-state index in [0.717, 1.165) is 0 Å². The zero-order chi connectivity index (χ0) is 24.8. The van der Waals surface area contributed by atoms with E-state index in [4.69, 9.17) is 0 Å². The smallest absolute Gasteiger partial charge is 0.00199 e. The van der Waals surface area contributed by atoms with Crippen molar-refractivity contribution in [2.45, 2.75) is 0 Å². The Hall–Kier alpha value is -4.94. The Kier molecular flexibility index (Phi) is 3.88. The van der Waals surface area contributed by atoms with Gasteiger partial charge in [0, 0.05) is 0 Å². The minimum atomic E-state index is 1.29. The monoisotopic (exact) mass is 478 g/mol. The fourth-order valence-electron chi connectivity index (χ4n) is 6.96. The van der Waals surface area contributed by atoms with E-state index in [-0.39, 0.29) is 0 Å². The van der Waals surface area contributed by atoms with Crippen molar-refractivity contribution < 1.29 is 0 Å². The third-order valence-corrected chi connectivity index (χ3v) is 8.57. The first-order valence-electron chi connectivity index (χ1n) is 13.3. The number of hydrogen-bond donors (Lipinski definition) is 0. The van der Waals surface area contributed by atoms with Gasteiger partial charge < -0.3 is 0 Å². The Balaban J connectivity index is 1.40. The highest BCUT2D eigenvalue weighted by Gasteiger charge is 2.25. The summed E-state index contributed by atoms with van der Waals surface area (Å²) in [5.74, 6) is 0. The summed E-state index contributed by atoms with van der Waals surface area (Å²) in [5.41, 5.74) is 8.01. The summed E-state index contributed by atoms with van der Waals surface area (Å²) in [5, 5.41) is 13.2. The molecular weight excluding hydrogens is 456 g/mol. The van der Waals surface area contributed by atoms with Crippen molar-refractivity contribution >= 4 is 53.9 Å². The summed E-state index contributed by atoms with van der Waals surface area (Å²) in [7, 11) is 0. The molecule has 174 valence electrons. The average molecular weight is 479 g/mol. The van der Waals surface area contributed by atoms with Gasteiger partial charge >= 0.3 is 0 Å². The van der Waals surface area contributed by atoms with Crippen molar-refractivity contribution in [2.24, 2.45) is 0 Å². The average Bonchev–Trinajstić information content (AvgIpc) is 3.32. The van der Waals surface area contributed by atoms with E-state index < -0.39 is 0 Å². The van der Waals surface area contributed by atoms with Crippen LogP contribution in [0.3, 0.4) is 0 Å². The predicted octanol–water partition coefficient (Wildman–Crippen LogP) is 10.8. The van der Waals surface area contributed by atoms with Crippen LogP contribution in [0.4, 0.5) is 0 Å². The maximum atomic E-state index is 2.41. The molecule has 1 aliphatic rings. The van der Waals surface area contributed by atoms with E-state index in [2.05, 4.69) is 133 Å². The highest BCUT2D eigenvalue weighted by molar-refractivity contribution is 6.27. The van der Waals surface area contributed by atoms with E-state index in [0.29, 0.717) is 0 Å². The van der Waals surface area contributed by atoms with E-state index in [1.54, 1.807) is 0 Å². The topological polar surface area (TPSA) is 0 Å². The number of benzene rings is 8. The van der Waals surface area contributed by atoms with Crippen molar-refractivity contribution in [3.05, 3.63) is 133 Å². The summed E-state index contributed by atoms with van der Waals surface area (Å²) >= 11 is 0. The van der Waals surface area contributed by atoms with E-state index in [1.165, 1.54) is 87.2 Å². The van der Waals surface area contributed by atoms with Crippen LogP contribution >= 0.6 is 0 Å². The lowest BCUT2D eigenvalue weighted by Crippen LogP contribution is -1.88. The van der Waals surface area contributed by atoms with Crippen LogP contribution in [0.5, 0.6) is 0 Å². The van der Waals surface area contributed by atoms with Crippen LogP contribution < -0.4 is 0 Å². The second-order valence-electron chi connectivity index (χ2n) is 10.5. The van der Waals surface area contributed by atoms with Crippen LogP contribution in [-0.4, -0.2) is 0 Å². The molecule has 0 amide bonds. The molecule has 0 fully saturated rings. The maximum Gasteiger partial charge on any atom is -0.00199 e. The van der Waals surface area contributed by atoms with Crippen LogP contribution in [0, 0.1) is 0 Å². The van der Waals surface area contributed by atoms with E-state index in [9.17, 15) is 0 Å². The van der Waals surface area contributed by atoms with Crippen LogP contribution in [0.25, 0.3) is 87.2 Å². The minimum Gasteiger partial charge on any atom is -0.0616 e. The van der Waals surface area contributed by atoms with Gasteiger partial charge in [0.2, 0.25) is 0 Å². The molecule has 0 atom stereocenters. The Morgan fingerprint density at radius 1 is 0.263 bits per heavy atom. The second kappa shape index (κ2) is 7.31. The van der Waals surface area contributed by atoms with Crippen molar-refractivity contribution in [3.8, 4) is 33.4 Å². The molecule has 0 radical (unpaired) electrons. The first-order chi connectivity index (χ1) is 18.9. The Bertz CT molecular complexity index is 2280. The number of rotatable bonds is 1. The third-order valence-electron chi connectivity index (χ3n) is 8.57. The first-order valence-corrected chi connectivity index (χ1v) is 13.3. The van der Waals surface area contributed by atoms with Gasteiger partial charge in [-0.15, -0.1) is 0 Å². The van der Waals surface area contributed by atoms with E-state index >= 15 is 0 Å². The van der Waals surface area contributed by atoms with Crippen molar-refractivity contribution in [2.75, 3.05) is 0 Å². The Morgan fingerprint density at radius 2 is 0.868 bits per heavy atom. The molecule has 0 heterocycles. The van der Waals surface area contributed by atoms with E-state index in [1.807, 2.05) is 0 Å². The zero-order valence-corrected chi connectivity index (χ0v) is 20.7. The molecule has 0 bridgehead atoms. The van der Waals surface area contributed by atoms with Gasteiger partial charge in [-0.05, 0) is 93.3 Å². The van der Waals surface area contributed by atoms with Crippen molar-refractivity contribution in [3.63, 3.8) is 0 Å². The third kappa shape index (κ3) is 2.54. The van der Waals surface area contributed by atoms with Gasteiger partial charge in [0.1, 0.15) is 0 Å². The SMILES string of the molecule is c1ccc2c3c(ccc2c1)-c1ccc(-c2cc4ccc5ccccc5c4c4ccccc24)c2cccc-3c12. The standard InChI is InChI=1S/C38H22/c1-3-10-26-23(8-1)16-17-25-22-35(28-12-5-6-13-30(28)36(25)26)29-20-21-33-32-19-18-24-9-2-4-11-27(24)37(32)34-15-7-14-31(29)38(33)34/h1-22H. The molecule has 0 saturated heterocycles. The van der Waals surface area contributed by atoms with Crippen LogP contribution in [0.15, 0.2) is 133 Å². The molecule has 0 heteroatoms. The summed E-state index contributed by atoms with van der Waals surface area (Å²) in [6, 6.07) is 49.5. The summed E-state index contributed by atoms with van der Waals surface area (Å²) < 4.78 is 0. The minimum absolute atomic E-state index is 1.29. The van der Waals surface area contributed by atoms with Crippen molar-refractivity contribution in [1.82, 2.24) is 0 Å². The molecule has 0 aliphatic heterocycles. The fourth-order valence-corrected chi connectivity index (χ4v) is 6.96. The largest absolute Gasteiger partial charge is 0.0616 e. The quantitative estimate of drug-likeness (QED) is 0.206. The van der Waals surface area contributed by atoms with Gasteiger partial charge in [0.25, 0.3) is 0 Å². The predicted molar refractivity (Wildman–Crippen MR) is 164 cm³/mol. The molecule has 0 saturated carbocycles. The Labute approximate surface area is 220 Å². The number of hydrogen-bond acceptors (Lipinski definition) is 0. The molecular formula is C38H22.